The first-order valence-corrected chi connectivity index (χ1v) is 8.06. The van der Waals surface area contributed by atoms with Gasteiger partial charge >= 0.3 is 6.18 Å². The standard InChI is InChI=1S/C17H18ClF3N2O3/c1-11(25-2)15(24)23-14-7-16(9-22-8-14,26-10-17(19,20)21)12-3-5-13(18)6-4-12/h3-7,9,11H,8,10H2,1-2H3,(H,23,24). The number of hydrogen-bond donors (Lipinski definition) is 1. The second kappa shape index (κ2) is 8.20. The minimum absolute atomic E-state index is 0.104. The molecule has 0 spiro atoms. The molecule has 1 heterocycles. The summed E-state index contributed by atoms with van der Waals surface area (Å²) in [7, 11) is 1.38. The smallest absolute Gasteiger partial charge is 0.372 e. The third kappa shape index (κ3) is 5.30. The van der Waals surface area contributed by atoms with E-state index in [2.05, 4.69) is 10.3 Å². The van der Waals surface area contributed by atoms with Gasteiger partial charge < -0.3 is 14.8 Å². The fourth-order valence-electron chi connectivity index (χ4n) is 2.30. The third-order valence-electron chi connectivity index (χ3n) is 3.71. The lowest BCUT2D eigenvalue weighted by Gasteiger charge is -2.31. The average molecular weight is 391 g/mol. The highest BCUT2D eigenvalue weighted by molar-refractivity contribution is 6.30. The van der Waals surface area contributed by atoms with Crippen LogP contribution in [-0.4, -0.2) is 44.7 Å². The van der Waals surface area contributed by atoms with Gasteiger partial charge in [-0.15, -0.1) is 0 Å². The minimum atomic E-state index is -4.52. The van der Waals surface area contributed by atoms with Crippen molar-refractivity contribution in [3.05, 3.63) is 46.6 Å². The quantitative estimate of drug-likeness (QED) is 0.811. The van der Waals surface area contributed by atoms with Crippen LogP contribution in [-0.2, 0) is 19.9 Å². The average Bonchev–Trinajstić information content (AvgIpc) is 2.59. The van der Waals surface area contributed by atoms with Gasteiger partial charge in [-0.3, -0.25) is 9.79 Å². The number of carbonyl (C=O) groups is 1. The molecule has 1 N–H and O–H groups in total. The predicted molar refractivity (Wildman–Crippen MR) is 91.2 cm³/mol. The first-order chi connectivity index (χ1) is 12.1. The Bertz CT molecular complexity index is 704. The number of halogens is 4. The van der Waals surface area contributed by atoms with Gasteiger partial charge in [0.2, 0.25) is 0 Å². The minimum Gasteiger partial charge on any atom is -0.372 e. The van der Waals surface area contributed by atoms with Crippen molar-refractivity contribution in [2.75, 3.05) is 20.3 Å². The molecule has 1 aliphatic rings. The highest BCUT2D eigenvalue weighted by atomic mass is 35.5. The van der Waals surface area contributed by atoms with E-state index in [1.54, 1.807) is 19.1 Å². The number of alkyl halides is 3. The molecule has 9 heteroatoms. The third-order valence-corrected chi connectivity index (χ3v) is 3.96. The SMILES string of the molecule is COC(C)C(=O)NC1=CC(OCC(F)(F)F)(c2ccc(Cl)cc2)C=NC1. The summed E-state index contributed by atoms with van der Waals surface area (Å²) in [5.41, 5.74) is -0.850. The Morgan fingerprint density at radius 1 is 1.38 bits per heavy atom. The normalized spacial score (nSPS) is 21.2. The van der Waals surface area contributed by atoms with Gasteiger partial charge in [-0.25, -0.2) is 0 Å². The molecule has 2 rings (SSSR count). The van der Waals surface area contributed by atoms with Crippen molar-refractivity contribution in [2.24, 2.45) is 4.99 Å². The zero-order valence-electron chi connectivity index (χ0n) is 14.1. The lowest BCUT2D eigenvalue weighted by molar-refractivity contribution is -0.188. The number of nitrogens with zero attached hydrogens (tertiary/aromatic N) is 1. The van der Waals surface area contributed by atoms with Crippen LogP contribution < -0.4 is 5.32 Å². The summed E-state index contributed by atoms with van der Waals surface area (Å²) in [4.78, 5) is 16.1. The highest BCUT2D eigenvalue weighted by Gasteiger charge is 2.38. The van der Waals surface area contributed by atoms with Gasteiger partial charge in [0, 0.05) is 24.0 Å². The van der Waals surface area contributed by atoms with Gasteiger partial charge in [-0.05, 0) is 30.7 Å². The van der Waals surface area contributed by atoms with Crippen molar-refractivity contribution in [1.29, 1.82) is 0 Å². The zero-order chi connectivity index (χ0) is 19.4. The van der Waals surface area contributed by atoms with Crippen LogP contribution in [0.2, 0.25) is 5.02 Å². The van der Waals surface area contributed by atoms with Crippen LogP contribution in [0.4, 0.5) is 13.2 Å². The van der Waals surface area contributed by atoms with E-state index in [0.717, 1.165) is 0 Å². The monoisotopic (exact) mass is 390 g/mol. The number of hydrogen-bond acceptors (Lipinski definition) is 4. The molecule has 0 bridgehead atoms. The number of carbonyl (C=O) groups excluding carboxylic acids is 1. The van der Waals surface area contributed by atoms with E-state index in [1.807, 2.05) is 0 Å². The molecule has 142 valence electrons. The second-order valence-electron chi connectivity index (χ2n) is 5.71. The Hall–Kier alpha value is -1.90. The number of dihydropyridines is 1. The summed E-state index contributed by atoms with van der Waals surface area (Å²) in [6.07, 6.45) is -2.54. The van der Waals surface area contributed by atoms with Crippen molar-refractivity contribution >= 4 is 23.7 Å². The molecule has 0 fully saturated rings. The van der Waals surface area contributed by atoms with E-state index in [1.165, 1.54) is 31.5 Å². The van der Waals surface area contributed by atoms with E-state index in [-0.39, 0.29) is 6.54 Å². The Morgan fingerprint density at radius 3 is 2.62 bits per heavy atom. The molecule has 5 nitrogen and oxygen atoms in total. The van der Waals surface area contributed by atoms with Crippen LogP contribution in [0.5, 0.6) is 0 Å². The van der Waals surface area contributed by atoms with Gasteiger partial charge in [0.25, 0.3) is 5.91 Å². The maximum atomic E-state index is 12.7. The summed E-state index contributed by atoms with van der Waals surface area (Å²) in [5.74, 6) is -0.434. The second-order valence-corrected chi connectivity index (χ2v) is 6.15. The van der Waals surface area contributed by atoms with Crippen molar-refractivity contribution in [3.63, 3.8) is 0 Å². The summed E-state index contributed by atoms with van der Waals surface area (Å²) >= 11 is 5.85. The number of rotatable bonds is 6. The molecule has 1 aromatic rings. The lowest BCUT2D eigenvalue weighted by Crippen LogP contribution is -2.40. The summed E-state index contributed by atoms with van der Waals surface area (Å²) < 4.78 is 48.3. The molecular weight excluding hydrogens is 373 g/mol. The van der Waals surface area contributed by atoms with Gasteiger partial charge in [0.1, 0.15) is 18.3 Å². The Morgan fingerprint density at radius 2 is 2.04 bits per heavy atom. The van der Waals surface area contributed by atoms with Crippen molar-refractivity contribution in [3.8, 4) is 0 Å². The van der Waals surface area contributed by atoms with Crippen LogP contribution in [0, 0.1) is 0 Å². The maximum Gasteiger partial charge on any atom is 0.411 e. The van der Waals surface area contributed by atoms with Crippen LogP contribution >= 0.6 is 11.6 Å². The molecule has 0 radical (unpaired) electrons. The number of nitrogens with one attached hydrogen (secondary N) is 1. The first kappa shape index (κ1) is 20.4. The van der Waals surface area contributed by atoms with Gasteiger partial charge in [0.15, 0.2) is 0 Å². The largest absolute Gasteiger partial charge is 0.411 e. The van der Waals surface area contributed by atoms with Crippen molar-refractivity contribution in [2.45, 2.75) is 24.8 Å². The molecule has 0 saturated heterocycles. The molecular formula is C17H18ClF3N2O3. The topological polar surface area (TPSA) is 59.9 Å². The van der Waals surface area contributed by atoms with Crippen molar-refractivity contribution < 1.29 is 27.4 Å². The molecule has 0 saturated carbocycles. The molecule has 1 aliphatic heterocycles. The molecule has 0 aliphatic carbocycles. The van der Waals surface area contributed by atoms with Gasteiger partial charge in [0.05, 0.1) is 6.54 Å². The summed E-state index contributed by atoms with van der Waals surface area (Å²) in [5, 5.41) is 3.03. The molecule has 1 amide bonds. The van der Waals surface area contributed by atoms with Crippen LogP contribution in [0.15, 0.2) is 41.0 Å². The maximum absolute atomic E-state index is 12.7. The summed E-state index contributed by atoms with van der Waals surface area (Å²) in [6.45, 7) is 0.176. The van der Waals surface area contributed by atoms with Crippen LogP contribution in [0.1, 0.15) is 12.5 Å². The number of benzene rings is 1. The first-order valence-electron chi connectivity index (χ1n) is 7.68. The van der Waals surface area contributed by atoms with Gasteiger partial charge in [-0.1, -0.05) is 23.7 Å². The zero-order valence-corrected chi connectivity index (χ0v) is 14.9. The molecule has 1 aromatic carbocycles. The number of amides is 1. The van der Waals surface area contributed by atoms with E-state index in [0.29, 0.717) is 16.3 Å². The molecule has 2 atom stereocenters. The Kier molecular flexibility index (Phi) is 6.44. The molecule has 2 unspecified atom stereocenters. The highest BCUT2D eigenvalue weighted by Crippen LogP contribution is 2.32. The van der Waals surface area contributed by atoms with Crippen molar-refractivity contribution in [1.82, 2.24) is 5.32 Å². The Labute approximate surface area is 153 Å². The summed E-state index contributed by atoms with van der Waals surface area (Å²) in [6, 6.07) is 6.17. The fourth-order valence-corrected chi connectivity index (χ4v) is 2.42. The number of methoxy groups -OCH3 is 1. The van der Waals surface area contributed by atoms with E-state index < -0.39 is 30.4 Å². The number of aliphatic imine (C=N–C) groups is 1. The van der Waals surface area contributed by atoms with Gasteiger partial charge in [-0.2, -0.15) is 13.2 Å². The predicted octanol–water partition coefficient (Wildman–Crippen LogP) is 3.23. The van der Waals surface area contributed by atoms with E-state index in [9.17, 15) is 18.0 Å². The fraction of sp³-hybridized carbons (Fsp3) is 0.412. The Balaban J connectivity index is 2.35. The molecule has 26 heavy (non-hydrogen) atoms. The lowest BCUT2D eigenvalue weighted by atomic mass is 9.92. The van der Waals surface area contributed by atoms with Crippen LogP contribution in [0.25, 0.3) is 0 Å². The number of ether oxygens (including phenoxy) is 2. The van der Waals surface area contributed by atoms with E-state index >= 15 is 0 Å². The van der Waals surface area contributed by atoms with E-state index in [4.69, 9.17) is 21.1 Å². The van der Waals surface area contributed by atoms with Crippen LogP contribution in [0.3, 0.4) is 0 Å². The molecule has 0 aromatic heterocycles.